The van der Waals surface area contributed by atoms with Crippen LogP contribution in [0.1, 0.15) is 44.1 Å². The number of nitrogens with one attached hydrogen (secondary N) is 2. The molecule has 4 bridgehead atoms. The Morgan fingerprint density at radius 3 is 2.17 bits per heavy atom. The predicted octanol–water partition coefficient (Wildman–Crippen LogP) is 2.58. The molecule has 2 N–H and O–H groups in total. The molecule has 124 valence electrons. The average molecular weight is 323 g/mol. The Balaban J connectivity index is 1.45. The molecular weight excluding hydrogens is 302 g/mol. The molecule has 2 amide bonds. The highest BCUT2D eigenvalue weighted by molar-refractivity contribution is 6.39. The summed E-state index contributed by atoms with van der Waals surface area (Å²) in [7, 11) is 0. The summed E-state index contributed by atoms with van der Waals surface area (Å²) in [5, 5.41) is 14.7. The van der Waals surface area contributed by atoms with Crippen LogP contribution >= 0.6 is 0 Å². The predicted molar refractivity (Wildman–Crippen MR) is 88.8 cm³/mol. The van der Waals surface area contributed by atoms with Gasteiger partial charge in [-0.25, -0.2) is 0 Å². The second-order valence-corrected chi connectivity index (χ2v) is 7.76. The molecule has 5 nitrogen and oxygen atoms in total. The van der Waals surface area contributed by atoms with E-state index in [1.165, 1.54) is 19.3 Å². The molecule has 4 aliphatic rings. The summed E-state index contributed by atoms with van der Waals surface area (Å²) < 4.78 is 0. The Morgan fingerprint density at radius 2 is 1.58 bits per heavy atom. The molecule has 5 heteroatoms. The van der Waals surface area contributed by atoms with Crippen LogP contribution in [0.2, 0.25) is 0 Å². The van der Waals surface area contributed by atoms with Gasteiger partial charge in [0.1, 0.15) is 6.07 Å². The zero-order chi connectivity index (χ0) is 16.7. The van der Waals surface area contributed by atoms with E-state index in [0.717, 1.165) is 19.3 Å². The molecule has 0 saturated heterocycles. The largest absolute Gasteiger partial charge is 0.342 e. The van der Waals surface area contributed by atoms with Crippen molar-refractivity contribution in [2.45, 2.75) is 44.1 Å². The van der Waals surface area contributed by atoms with Gasteiger partial charge in [0.25, 0.3) is 0 Å². The first-order valence-corrected chi connectivity index (χ1v) is 8.69. The highest BCUT2D eigenvalue weighted by Crippen LogP contribution is 2.55. The topological polar surface area (TPSA) is 82.0 Å². The van der Waals surface area contributed by atoms with Crippen LogP contribution in [-0.2, 0) is 9.59 Å². The van der Waals surface area contributed by atoms with Crippen LogP contribution < -0.4 is 10.6 Å². The average Bonchev–Trinajstić information content (AvgIpc) is 2.53. The first-order chi connectivity index (χ1) is 11.6. The van der Waals surface area contributed by atoms with Crippen molar-refractivity contribution in [3.05, 3.63) is 29.8 Å². The Bertz CT molecular complexity index is 699. The molecule has 0 aromatic heterocycles. The summed E-state index contributed by atoms with van der Waals surface area (Å²) in [5.41, 5.74) is 0.553. The van der Waals surface area contributed by atoms with Gasteiger partial charge >= 0.3 is 11.8 Å². The van der Waals surface area contributed by atoms with Crippen molar-refractivity contribution in [3.63, 3.8) is 0 Å². The fourth-order valence-corrected chi connectivity index (χ4v) is 5.43. The quantitative estimate of drug-likeness (QED) is 0.821. The van der Waals surface area contributed by atoms with Crippen LogP contribution in [0, 0.1) is 29.1 Å². The molecule has 0 atom stereocenters. The molecule has 24 heavy (non-hydrogen) atoms. The van der Waals surface area contributed by atoms with Crippen molar-refractivity contribution >= 4 is 17.5 Å². The van der Waals surface area contributed by atoms with Gasteiger partial charge in [-0.05, 0) is 68.4 Å². The minimum atomic E-state index is -0.687. The van der Waals surface area contributed by atoms with Crippen LogP contribution in [-0.4, -0.2) is 17.4 Å². The van der Waals surface area contributed by atoms with Crippen molar-refractivity contribution < 1.29 is 9.59 Å². The smallest absolute Gasteiger partial charge is 0.313 e. The van der Waals surface area contributed by atoms with Gasteiger partial charge in [0.15, 0.2) is 0 Å². The van der Waals surface area contributed by atoms with Gasteiger partial charge in [-0.3, -0.25) is 9.59 Å². The van der Waals surface area contributed by atoms with Crippen LogP contribution in [0.4, 0.5) is 5.69 Å². The lowest BCUT2D eigenvalue weighted by Crippen LogP contribution is -2.61. The van der Waals surface area contributed by atoms with Crippen molar-refractivity contribution in [2.75, 3.05) is 5.32 Å². The van der Waals surface area contributed by atoms with Crippen molar-refractivity contribution in [1.82, 2.24) is 5.32 Å². The van der Waals surface area contributed by atoms with Gasteiger partial charge in [-0.2, -0.15) is 5.26 Å². The monoisotopic (exact) mass is 323 g/mol. The molecule has 0 radical (unpaired) electrons. The summed E-state index contributed by atoms with van der Waals surface area (Å²) in [6.45, 7) is 0. The summed E-state index contributed by atoms with van der Waals surface area (Å²) in [4.78, 5) is 24.7. The number of carbonyl (C=O) groups is 2. The van der Waals surface area contributed by atoms with Crippen LogP contribution in [0.15, 0.2) is 24.3 Å². The van der Waals surface area contributed by atoms with Crippen molar-refractivity contribution in [2.24, 2.45) is 17.8 Å². The van der Waals surface area contributed by atoms with E-state index in [9.17, 15) is 9.59 Å². The van der Waals surface area contributed by atoms with E-state index in [1.807, 2.05) is 6.07 Å². The minimum absolute atomic E-state index is 0.183. The maximum atomic E-state index is 12.4. The lowest BCUT2D eigenvalue weighted by atomic mass is 9.53. The number of amides is 2. The molecule has 5 rings (SSSR count). The number of benzene rings is 1. The second-order valence-electron chi connectivity index (χ2n) is 7.76. The van der Waals surface area contributed by atoms with E-state index in [-0.39, 0.29) is 5.54 Å². The summed E-state index contributed by atoms with van der Waals surface area (Å²) >= 11 is 0. The highest BCUT2D eigenvalue weighted by atomic mass is 16.2. The van der Waals surface area contributed by atoms with E-state index >= 15 is 0 Å². The third-order valence-corrected chi connectivity index (χ3v) is 5.92. The van der Waals surface area contributed by atoms with E-state index in [1.54, 1.807) is 24.3 Å². The molecular formula is C19H21N3O2. The zero-order valence-corrected chi connectivity index (χ0v) is 13.5. The first kappa shape index (κ1) is 15.2. The van der Waals surface area contributed by atoms with E-state index in [2.05, 4.69) is 10.6 Å². The van der Waals surface area contributed by atoms with E-state index in [4.69, 9.17) is 5.26 Å². The first-order valence-electron chi connectivity index (χ1n) is 8.69. The number of para-hydroxylation sites is 1. The lowest BCUT2D eigenvalue weighted by molar-refractivity contribution is -0.139. The van der Waals surface area contributed by atoms with Gasteiger partial charge in [-0.15, -0.1) is 0 Å². The number of hydrogen-bond acceptors (Lipinski definition) is 3. The molecule has 1 aromatic rings. The fourth-order valence-electron chi connectivity index (χ4n) is 5.43. The highest BCUT2D eigenvalue weighted by Gasteiger charge is 2.51. The number of anilines is 1. The molecule has 0 unspecified atom stereocenters. The van der Waals surface area contributed by atoms with Crippen molar-refractivity contribution in [3.8, 4) is 6.07 Å². The Morgan fingerprint density at radius 1 is 1.00 bits per heavy atom. The molecule has 0 heterocycles. The number of carbonyl (C=O) groups excluding carboxylic acids is 2. The molecule has 0 aliphatic heterocycles. The number of nitriles is 1. The van der Waals surface area contributed by atoms with Gasteiger partial charge in [0, 0.05) is 5.54 Å². The van der Waals surface area contributed by atoms with E-state index in [0.29, 0.717) is 29.0 Å². The van der Waals surface area contributed by atoms with Gasteiger partial charge < -0.3 is 10.6 Å². The molecule has 4 fully saturated rings. The Labute approximate surface area is 141 Å². The molecule has 1 aromatic carbocycles. The standard InChI is InChI=1S/C19H21N3O2/c20-11-15-3-1-2-4-16(15)21-17(23)18(24)22-19-8-12-5-13(9-19)7-14(6-12)10-19/h1-4,12-14H,5-10H2,(H,21,23)(H,22,24). The zero-order valence-electron chi connectivity index (χ0n) is 13.5. The summed E-state index contributed by atoms with van der Waals surface area (Å²) in [6.07, 6.45) is 6.89. The Kier molecular flexibility index (Phi) is 3.56. The third kappa shape index (κ3) is 2.66. The maximum absolute atomic E-state index is 12.4. The summed E-state index contributed by atoms with van der Waals surface area (Å²) in [5.74, 6) is 0.856. The lowest BCUT2D eigenvalue weighted by Gasteiger charge is -2.56. The SMILES string of the molecule is N#Cc1ccccc1NC(=O)C(=O)NC12CC3CC(CC(C3)C1)C2. The number of hydrogen-bond donors (Lipinski definition) is 2. The normalized spacial score (nSPS) is 32.9. The van der Waals surface area contributed by atoms with Crippen molar-refractivity contribution in [1.29, 1.82) is 5.26 Å². The maximum Gasteiger partial charge on any atom is 0.313 e. The fraction of sp³-hybridized carbons (Fsp3) is 0.526. The third-order valence-electron chi connectivity index (χ3n) is 5.92. The second kappa shape index (κ2) is 5.62. The molecule has 4 saturated carbocycles. The van der Waals surface area contributed by atoms with Gasteiger partial charge in [0.05, 0.1) is 11.3 Å². The number of rotatable bonds is 2. The Hall–Kier alpha value is -2.35. The minimum Gasteiger partial charge on any atom is -0.342 e. The van der Waals surface area contributed by atoms with Crippen LogP contribution in [0.5, 0.6) is 0 Å². The number of nitrogens with zero attached hydrogens (tertiary/aromatic N) is 1. The van der Waals surface area contributed by atoms with Gasteiger partial charge in [0.2, 0.25) is 0 Å². The van der Waals surface area contributed by atoms with Gasteiger partial charge in [-0.1, -0.05) is 12.1 Å². The molecule has 0 spiro atoms. The summed E-state index contributed by atoms with van der Waals surface area (Å²) in [6, 6.07) is 8.73. The van der Waals surface area contributed by atoms with Crippen LogP contribution in [0.3, 0.4) is 0 Å². The van der Waals surface area contributed by atoms with E-state index < -0.39 is 11.8 Å². The molecule has 4 aliphatic carbocycles. The van der Waals surface area contributed by atoms with Crippen LogP contribution in [0.25, 0.3) is 0 Å².